The summed E-state index contributed by atoms with van der Waals surface area (Å²) in [6.07, 6.45) is 0. The van der Waals surface area contributed by atoms with Crippen molar-refractivity contribution in [3.8, 4) is 28.3 Å². The molecule has 0 spiro atoms. The van der Waals surface area contributed by atoms with Crippen molar-refractivity contribution < 1.29 is 5.11 Å². The molecule has 5 heteroatoms. The van der Waals surface area contributed by atoms with Crippen molar-refractivity contribution >= 4 is 17.4 Å². The number of aromatic nitrogens is 2. The maximum absolute atomic E-state index is 9.61. The third-order valence-electron chi connectivity index (χ3n) is 4.44. The number of aromatic hydroxyl groups is 1. The number of anilines is 1. The Morgan fingerprint density at radius 1 is 0.852 bits per heavy atom. The number of hydrogen-bond acceptors (Lipinski definition) is 3. The lowest BCUT2D eigenvalue weighted by atomic mass is 10.1. The average molecular weight is 376 g/mol. The molecule has 2 aromatic carbocycles. The summed E-state index contributed by atoms with van der Waals surface area (Å²) in [5.74, 6) is 0.728. The van der Waals surface area contributed by atoms with Crippen LogP contribution in [0, 0.1) is 0 Å². The molecular weight excluding hydrogens is 358 g/mol. The second kappa shape index (κ2) is 7.17. The highest BCUT2D eigenvalue weighted by atomic mass is 35.5. The summed E-state index contributed by atoms with van der Waals surface area (Å²) >= 11 is 6.45. The number of rotatable bonds is 4. The molecule has 0 atom stereocenters. The lowest BCUT2D eigenvalue weighted by molar-refractivity contribution is 0.475. The SMILES string of the molecule is Nc1cccc(Cn2c(-c3ccc(O)cc3)ccc2-c2ccccc2Cl)n1. The van der Waals surface area contributed by atoms with Crippen LogP contribution in [0.3, 0.4) is 0 Å². The van der Waals surface area contributed by atoms with Crippen LogP contribution in [0.5, 0.6) is 5.75 Å². The van der Waals surface area contributed by atoms with Gasteiger partial charge in [0.2, 0.25) is 0 Å². The normalized spacial score (nSPS) is 10.9. The zero-order valence-corrected chi connectivity index (χ0v) is 15.3. The van der Waals surface area contributed by atoms with E-state index in [1.54, 1.807) is 18.2 Å². The summed E-state index contributed by atoms with van der Waals surface area (Å²) in [5.41, 5.74) is 10.7. The minimum atomic E-state index is 0.237. The Morgan fingerprint density at radius 3 is 2.33 bits per heavy atom. The van der Waals surface area contributed by atoms with Gasteiger partial charge in [0, 0.05) is 16.3 Å². The van der Waals surface area contributed by atoms with Crippen molar-refractivity contribution in [2.45, 2.75) is 6.54 Å². The second-order valence-corrected chi connectivity index (χ2v) is 6.68. The van der Waals surface area contributed by atoms with Crippen LogP contribution in [0.15, 0.2) is 78.9 Å². The van der Waals surface area contributed by atoms with Gasteiger partial charge < -0.3 is 15.4 Å². The molecule has 0 aliphatic heterocycles. The van der Waals surface area contributed by atoms with Crippen molar-refractivity contribution in [1.29, 1.82) is 0 Å². The van der Waals surface area contributed by atoms with Gasteiger partial charge in [0.25, 0.3) is 0 Å². The minimum Gasteiger partial charge on any atom is -0.508 e. The van der Waals surface area contributed by atoms with E-state index in [0.717, 1.165) is 28.2 Å². The van der Waals surface area contributed by atoms with E-state index < -0.39 is 0 Å². The van der Waals surface area contributed by atoms with Gasteiger partial charge in [-0.1, -0.05) is 35.9 Å². The van der Waals surface area contributed by atoms with E-state index in [1.165, 1.54) is 0 Å². The Bertz CT molecular complexity index is 1090. The van der Waals surface area contributed by atoms with Crippen LogP contribution in [0.2, 0.25) is 5.02 Å². The largest absolute Gasteiger partial charge is 0.508 e. The smallest absolute Gasteiger partial charge is 0.123 e. The Kier molecular flexibility index (Phi) is 4.57. The molecule has 0 aliphatic carbocycles. The van der Waals surface area contributed by atoms with Gasteiger partial charge in [-0.25, -0.2) is 4.98 Å². The molecular formula is C22H18ClN3O. The molecule has 0 bridgehead atoms. The first-order valence-electron chi connectivity index (χ1n) is 8.57. The molecule has 0 saturated carbocycles. The molecule has 2 heterocycles. The van der Waals surface area contributed by atoms with Crippen LogP contribution >= 0.6 is 11.6 Å². The van der Waals surface area contributed by atoms with Crippen molar-refractivity contribution in [1.82, 2.24) is 9.55 Å². The number of phenols is 1. The molecule has 0 aliphatic rings. The summed E-state index contributed by atoms with van der Waals surface area (Å²) in [5, 5.41) is 10.3. The molecule has 2 aromatic heterocycles. The fourth-order valence-corrected chi connectivity index (χ4v) is 3.41. The Morgan fingerprint density at radius 2 is 1.59 bits per heavy atom. The van der Waals surface area contributed by atoms with Gasteiger partial charge >= 0.3 is 0 Å². The van der Waals surface area contributed by atoms with Gasteiger partial charge in [0.05, 0.1) is 17.9 Å². The van der Waals surface area contributed by atoms with E-state index in [4.69, 9.17) is 17.3 Å². The van der Waals surface area contributed by atoms with Crippen LogP contribution in [0.1, 0.15) is 5.69 Å². The zero-order chi connectivity index (χ0) is 18.8. The Balaban J connectivity index is 1.87. The van der Waals surface area contributed by atoms with Crippen LogP contribution in [0.25, 0.3) is 22.5 Å². The molecule has 4 nitrogen and oxygen atoms in total. The van der Waals surface area contributed by atoms with Crippen LogP contribution in [-0.4, -0.2) is 14.7 Å². The molecule has 27 heavy (non-hydrogen) atoms. The monoisotopic (exact) mass is 375 g/mol. The number of phenolic OH excluding ortho intramolecular Hbond substituents is 1. The van der Waals surface area contributed by atoms with Crippen LogP contribution in [0.4, 0.5) is 5.82 Å². The highest BCUT2D eigenvalue weighted by molar-refractivity contribution is 6.33. The van der Waals surface area contributed by atoms with Gasteiger partial charge in [-0.05, 0) is 60.2 Å². The second-order valence-electron chi connectivity index (χ2n) is 6.27. The average Bonchev–Trinajstić information content (AvgIpc) is 3.06. The van der Waals surface area contributed by atoms with Crippen molar-refractivity contribution in [3.05, 3.63) is 89.6 Å². The predicted octanol–water partition coefficient (Wildman–Crippen LogP) is 5.21. The lowest BCUT2D eigenvalue weighted by Gasteiger charge is -2.15. The lowest BCUT2D eigenvalue weighted by Crippen LogP contribution is -2.06. The molecule has 0 amide bonds. The third-order valence-corrected chi connectivity index (χ3v) is 4.77. The van der Waals surface area contributed by atoms with Gasteiger partial charge in [-0.15, -0.1) is 0 Å². The maximum atomic E-state index is 9.61. The van der Waals surface area contributed by atoms with E-state index >= 15 is 0 Å². The molecule has 134 valence electrons. The number of pyridine rings is 1. The number of nitrogens with two attached hydrogens (primary N) is 1. The summed E-state index contributed by atoms with van der Waals surface area (Å²) in [4.78, 5) is 4.44. The number of nitrogen functional groups attached to an aromatic ring is 1. The number of hydrogen-bond donors (Lipinski definition) is 2. The first-order chi connectivity index (χ1) is 13.1. The van der Waals surface area contributed by atoms with Crippen LogP contribution in [-0.2, 0) is 6.54 Å². The van der Waals surface area contributed by atoms with Crippen LogP contribution < -0.4 is 5.73 Å². The fourth-order valence-electron chi connectivity index (χ4n) is 3.17. The van der Waals surface area contributed by atoms with Gasteiger partial charge in [-0.3, -0.25) is 0 Å². The van der Waals surface area contributed by atoms with Crippen molar-refractivity contribution in [3.63, 3.8) is 0 Å². The standard InChI is InChI=1S/C22H18ClN3O/c23-19-6-2-1-5-18(19)21-13-12-20(15-8-10-17(27)11-9-15)26(21)14-16-4-3-7-22(24)25-16/h1-13,27H,14H2,(H2,24,25). The number of nitrogens with zero attached hydrogens (tertiary/aromatic N) is 2. The van der Waals surface area contributed by atoms with Crippen molar-refractivity contribution in [2.75, 3.05) is 5.73 Å². The molecule has 4 aromatic rings. The molecule has 4 rings (SSSR count). The van der Waals surface area contributed by atoms with E-state index in [1.807, 2.05) is 48.5 Å². The number of benzene rings is 2. The van der Waals surface area contributed by atoms with E-state index in [9.17, 15) is 5.11 Å². The molecule has 0 radical (unpaired) electrons. The summed E-state index contributed by atoms with van der Waals surface area (Å²) in [6.45, 7) is 0.550. The highest BCUT2D eigenvalue weighted by Gasteiger charge is 2.15. The summed E-state index contributed by atoms with van der Waals surface area (Å²) < 4.78 is 2.16. The van der Waals surface area contributed by atoms with Gasteiger partial charge in [-0.2, -0.15) is 0 Å². The Labute approximate surface area is 162 Å². The molecule has 0 fully saturated rings. The van der Waals surface area contributed by atoms with Crippen molar-refractivity contribution in [2.24, 2.45) is 0 Å². The van der Waals surface area contributed by atoms with Gasteiger partial charge in [0.15, 0.2) is 0 Å². The van der Waals surface area contributed by atoms with Gasteiger partial charge in [0.1, 0.15) is 11.6 Å². The zero-order valence-electron chi connectivity index (χ0n) is 14.5. The number of halogens is 1. The molecule has 0 unspecified atom stereocenters. The molecule has 0 saturated heterocycles. The first kappa shape index (κ1) is 17.2. The predicted molar refractivity (Wildman–Crippen MR) is 110 cm³/mol. The summed E-state index contributed by atoms with van der Waals surface area (Å²) in [6, 6.07) is 24.6. The van der Waals surface area contributed by atoms with E-state index in [-0.39, 0.29) is 5.75 Å². The quantitative estimate of drug-likeness (QED) is 0.514. The van der Waals surface area contributed by atoms with E-state index in [2.05, 4.69) is 21.7 Å². The highest BCUT2D eigenvalue weighted by Crippen LogP contribution is 2.34. The summed E-state index contributed by atoms with van der Waals surface area (Å²) in [7, 11) is 0. The third kappa shape index (κ3) is 3.52. The topological polar surface area (TPSA) is 64.1 Å². The maximum Gasteiger partial charge on any atom is 0.123 e. The minimum absolute atomic E-state index is 0.237. The molecule has 3 N–H and O–H groups in total. The van der Waals surface area contributed by atoms with E-state index in [0.29, 0.717) is 17.4 Å². The first-order valence-corrected chi connectivity index (χ1v) is 8.95. The Hall–Kier alpha value is -3.24. The fraction of sp³-hybridized carbons (Fsp3) is 0.0455.